The topological polar surface area (TPSA) is 32.8 Å². The molecule has 1 heterocycles. The lowest BCUT2D eigenvalue weighted by molar-refractivity contribution is 0.0742. The van der Waals surface area contributed by atoms with Crippen LogP contribution in [0.4, 0.5) is 14.5 Å². The van der Waals surface area contributed by atoms with E-state index in [1.54, 1.807) is 12.0 Å². The van der Waals surface area contributed by atoms with Gasteiger partial charge in [0.05, 0.1) is 12.7 Å². The highest BCUT2D eigenvalue weighted by Gasteiger charge is 2.24. The fourth-order valence-corrected chi connectivity index (χ4v) is 2.79. The van der Waals surface area contributed by atoms with Crippen molar-refractivity contribution in [2.45, 2.75) is 0 Å². The molecule has 0 bridgehead atoms. The molecule has 1 amide bonds. The molecule has 2 aromatic carbocycles. The minimum Gasteiger partial charge on any atom is -0.497 e. The molecule has 4 nitrogen and oxygen atoms in total. The van der Waals surface area contributed by atoms with E-state index in [0.717, 1.165) is 23.6 Å². The molecule has 0 N–H and O–H groups in total. The highest BCUT2D eigenvalue weighted by Crippen LogP contribution is 2.21. The van der Waals surface area contributed by atoms with Gasteiger partial charge in [-0.3, -0.25) is 4.79 Å². The molecule has 0 aliphatic carbocycles. The first kappa shape index (κ1) is 16.2. The van der Waals surface area contributed by atoms with Crippen molar-refractivity contribution < 1.29 is 18.3 Å². The van der Waals surface area contributed by atoms with E-state index in [-0.39, 0.29) is 5.56 Å². The van der Waals surface area contributed by atoms with Gasteiger partial charge in [-0.25, -0.2) is 8.78 Å². The summed E-state index contributed by atoms with van der Waals surface area (Å²) < 4.78 is 31.9. The Bertz CT molecular complexity index is 726. The minimum atomic E-state index is -0.822. The first-order valence-corrected chi connectivity index (χ1v) is 7.72. The van der Waals surface area contributed by atoms with E-state index in [0.29, 0.717) is 26.2 Å². The molecule has 1 fully saturated rings. The van der Waals surface area contributed by atoms with Crippen LogP contribution in [0, 0.1) is 11.6 Å². The van der Waals surface area contributed by atoms with Crippen molar-refractivity contribution in [2.24, 2.45) is 0 Å². The molecule has 126 valence electrons. The van der Waals surface area contributed by atoms with Crippen LogP contribution in [0.2, 0.25) is 0 Å². The molecule has 0 aromatic heterocycles. The number of nitrogens with zero attached hydrogens (tertiary/aromatic N) is 2. The van der Waals surface area contributed by atoms with E-state index in [2.05, 4.69) is 4.90 Å². The number of hydrogen-bond donors (Lipinski definition) is 0. The summed E-state index contributed by atoms with van der Waals surface area (Å²) in [6, 6.07) is 10.8. The normalized spacial score (nSPS) is 14.6. The Labute approximate surface area is 139 Å². The molecule has 0 unspecified atom stereocenters. The number of anilines is 1. The van der Waals surface area contributed by atoms with E-state index in [4.69, 9.17) is 4.74 Å². The molecule has 3 rings (SSSR count). The van der Waals surface area contributed by atoms with Crippen molar-refractivity contribution in [3.63, 3.8) is 0 Å². The maximum Gasteiger partial charge on any atom is 0.256 e. The number of halogens is 2. The molecule has 1 aliphatic rings. The third-order valence-electron chi connectivity index (χ3n) is 4.17. The van der Waals surface area contributed by atoms with Crippen molar-refractivity contribution in [3.8, 4) is 5.75 Å². The fourth-order valence-electron chi connectivity index (χ4n) is 2.79. The molecule has 1 aliphatic heterocycles. The number of carbonyl (C=O) groups excluding carboxylic acids is 1. The largest absolute Gasteiger partial charge is 0.497 e. The van der Waals surface area contributed by atoms with Crippen LogP contribution in [0.1, 0.15) is 10.4 Å². The highest BCUT2D eigenvalue weighted by molar-refractivity contribution is 5.94. The maximum atomic E-state index is 13.8. The van der Waals surface area contributed by atoms with Crippen molar-refractivity contribution >= 4 is 11.6 Å². The maximum absolute atomic E-state index is 13.8. The van der Waals surface area contributed by atoms with Crippen molar-refractivity contribution in [1.29, 1.82) is 0 Å². The van der Waals surface area contributed by atoms with Gasteiger partial charge >= 0.3 is 0 Å². The zero-order valence-corrected chi connectivity index (χ0v) is 13.3. The third kappa shape index (κ3) is 3.32. The number of hydrogen-bond acceptors (Lipinski definition) is 3. The summed E-state index contributed by atoms with van der Waals surface area (Å²) in [7, 11) is 1.62. The molecule has 0 saturated carbocycles. The van der Waals surface area contributed by atoms with Gasteiger partial charge in [0.15, 0.2) is 0 Å². The quantitative estimate of drug-likeness (QED) is 0.866. The smallest absolute Gasteiger partial charge is 0.256 e. The molecule has 0 spiro atoms. The zero-order chi connectivity index (χ0) is 17.1. The van der Waals surface area contributed by atoms with Crippen LogP contribution in [0.3, 0.4) is 0 Å². The highest BCUT2D eigenvalue weighted by atomic mass is 19.1. The lowest BCUT2D eigenvalue weighted by Crippen LogP contribution is -2.49. The van der Waals surface area contributed by atoms with Gasteiger partial charge in [0.25, 0.3) is 5.91 Å². The van der Waals surface area contributed by atoms with Gasteiger partial charge in [-0.2, -0.15) is 0 Å². The number of amides is 1. The van der Waals surface area contributed by atoms with Gasteiger partial charge < -0.3 is 14.5 Å². The molecule has 2 aromatic rings. The van der Waals surface area contributed by atoms with Gasteiger partial charge in [0.2, 0.25) is 0 Å². The zero-order valence-electron chi connectivity index (χ0n) is 13.3. The molecular formula is C18H18F2N2O2. The molecule has 1 saturated heterocycles. The van der Waals surface area contributed by atoms with Crippen LogP contribution in [-0.2, 0) is 0 Å². The van der Waals surface area contributed by atoms with Crippen molar-refractivity contribution in [2.75, 3.05) is 38.2 Å². The van der Waals surface area contributed by atoms with Gasteiger partial charge in [0.1, 0.15) is 17.4 Å². The minimum absolute atomic E-state index is 0.0886. The Hall–Kier alpha value is -2.63. The number of ether oxygens (including phenoxy) is 1. The van der Waals surface area contributed by atoms with Crippen LogP contribution >= 0.6 is 0 Å². The van der Waals surface area contributed by atoms with E-state index < -0.39 is 17.5 Å². The third-order valence-corrected chi connectivity index (χ3v) is 4.17. The van der Waals surface area contributed by atoms with Crippen LogP contribution in [0.5, 0.6) is 5.75 Å². The first-order chi connectivity index (χ1) is 11.6. The standard InChI is InChI=1S/C18H18F2N2O2/c1-24-15-5-3-14(4-6-15)21-8-10-22(11-9-21)18(23)16-7-2-13(19)12-17(16)20/h2-7,12H,8-11H2,1H3. The van der Waals surface area contributed by atoms with E-state index >= 15 is 0 Å². The fraction of sp³-hybridized carbons (Fsp3) is 0.278. The summed E-state index contributed by atoms with van der Waals surface area (Å²) in [5, 5.41) is 0. The van der Waals surface area contributed by atoms with E-state index in [1.807, 2.05) is 24.3 Å². The predicted molar refractivity (Wildman–Crippen MR) is 87.5 cm³/mol. The average Bonchev–Trinajstić information content (AvgIpc) is 2.61. The monoisotopic (exact) mass is 332 g/mol. The SMILES string of the molecule is COc1ccc(N2CCN(C(=O)c3ccc(F)cc3F)CC2)cc1. The number of carbonyl (C=O) groups is 1. The summed E-state index contributed by atoms with van der Waals surface area (Å²) in [5.41, 5.74) is 0.963. The van der Waals surface area contributed by atoms with Crippen LogP contribution in [0.25, 0.3) is 0 Å². The molecule has 0 atom stereocenters. The Morgan fingerprint density at radius 3 is 2.25 bits per heavy atom. The van der Waals surface area contributed by atoms with Gasteiger partial charge in [-0.15, -0.1) is 0 Å². The van der Waals surface area contributed by atoms with E-state index in [9.17, 15) is 13.6 Å². The lowest BCUT2D eigenvalue weighted by Gasteiger charge is -2.36. The summed E-state index contributed by atoms with van der Waals surface area (Å²) in [6.07, 6.45) is 0. The average molecular weight is 332 g/mol. The molecule has 0 radical (unpaired) electrons. The second-order valence-corrected chi connectivity index (χ2v) is 5.60. The Morgan fingerprint density at radius 1 is 1.00 bits per heavy atom. The van der Waals surface area contributed by atoms with Crippen LogP contribution < -0.4 is 9.64 Å². The van der Waals surface area contributed by atoms with Gasteiger partial charge in [-0.1, -0.05) is 0 Å². The summed E-state index contributed by atoms with van der Waals surface area (Å²) in [6.45, 7) is 2.28. The number of rotatable bonds is 3. The Balaban J connectivity index is 1.64. The summed E-state index contributed by atoms with van der Waals surface area (Å²) in [4.78, 5) is 16.1. The van der Waals surface area contributed by atoms with E-state index in [1.165, 1.54) is 6.07 Å². The second-order valence-electron chi connectivity index (χ2n) is 5.60. The molecular weight excluding hydrogens is 314 g/mol. The van der Waals surface area contributed by atoms with Gasteiger partial charge in [0, 0.05) is 37.9 Å². The summed E-state index contributed by atoms with van der Waals surface area (Å²) in [5.74, 6) is -1.12. The van der Waals surface area contributed by atoms with Crippen molar-refractivity contribution in [3.05, 3.63) is 59.7 Å². The van der Waals surface area contributed by atoms with Crippen LogP contribution in [0.15, 0.2) is 42.5 Å². The second kappa shape index (κ2) is 6.86. The van der Waals surface area contributed by atoms with Crippen LogP contribution in [-0.4, -0.2) is 44.1 Å². The first-order valence-electron chi connectivity index (χ1n) is 7.72. The Kier molecular flexibility index (Phi) is 4.64. The molecule has 6 heteroatoms. The molecule has 24 heavy (non-hydrogen) atoms. The van der Waals surface area contributed by atoms with Gasteiger partial charge in [-0.05, 0) is 36.4 Å². The Morgan fingerprint density at radius 2 is 1.67 bits per heavy atom. The number of benzene rings is 2. The predicted octanol–water partition coefficient (Wildman–Crippen LogP) is 2.94. The number of methoxy groups -OCH3 is 1. The number of piperazine rings is 1. The van der Waals surface area contributed by atoms with Crippen molar-refractivity contribution in [1.82, 2.24) is 4.90 Å². The summed E-state index contributed by atoms with van der Waals surface area (Å²) >= 11 is 0. The lowest BCUT2D eigenvalue weighted by atomic mass is 10.1.